The van der Waals surface area contributed by atoms with Crippen LogP contribution in [0, 0.1) is 10.1 Å². The second kappa shape index (κ2) is 8.21. The first kappa shape index (κ1) is 21.7. The van der Waals surface area contributed by atoms with Crippen LogP contribution in [0.3, 0.4) is 0 Å². The van der Waals surface area contributed by atoms with Crippen molar-refractivity contribution >= 4 is 33.2 Å². The average molecular weight is 414 g/mol. The summed E-state index contributed by atoms with van der Waals surface area (Å²) in [4.78, 5) is 26.4. The minimum absolute atomic E-state index is 0.0850. The van der Waals surface area contributed by atoms with Gasteiger partial charge in [-0.05, 0) is 39.3 Å². The summed E-state index contributed by atoms with van der Waals surface area (Å²) in [5, 5.41) is 11.2. The van der Waals surface area contributed by atoms with Gasteiger partial charge >= 0.3 is 6.09 Å². The van der Waals surface area contributed by atoms with Gasteiger partial charge in [-0.2, -0.15) is 0 Å². The van der Waals surface area contributed by atoms with E-state index >= 15 is 0 Å². The molecule has 0 aromatic heterocycles. The van der Waals surface area contributed by atoms with Gasteiger partial charge in [0.1, 0.15) is 11.3 Å². The molecule has 0 bridgehead atoms. The molecular formula is C17H26N4O6S. The van der Waals surface area contributed by atoms with Crippen molar-refractivity contribution in [1.29, 1.82) is 0 Å². The molecule has 28 heavy (non-hydrogen) atoms. The number of hydrogen-bond donors (Lipinski definition) is 1. The highest BCUT2D eigenvalue weighted by molar-refractivity contribution is 7.92. The molecule has 1 amide bonds. The number of amides is 1. The molecule has 0 atom stereocenters. The molecule has 0 radical (unpaired) electrons. The first-order valence-electron chi connectivity index (χ1n) is 8.85. The van der Waals surface area contributed by atoms with Crippen LogP contribution in [0.25, 0.3) is 0 Å². The van der Waals surface area contributed by atoms with Crippen LogP contribution in [0.1, 0.15) is 27.2 Å². The van der Waals surface area contributed by atoms with Crippen molar-refractivity contribution in [2.24, 2.45) is 0 Å². The number of nitro benzene ring substituents is 1. The summed E-state index contributed by atoms with van der Waals surface area (Å²) >= 11 is 0. The number of nitrogens with one attached hydrogen (secondary N) is 1. The van der Waals surface area contributed by atoms with Crippen molar-refractivity contribution in [2.75, 3.05) is 42.1 Å². The molecule has 0 saturated carbocycles. The molecule has 0 aliphatic carbocycles. The number of hydrogen-bond acceptors (Lipinski definition) is 7. The fraction of sp³-hybridized carbons (Fsp3) is 0.588. The zero-order valence-electron chi connectivity index (χ0n) is 16.5. The number of nitro groups is 1. The van der Waals surface area contributed by atoms with Gasteiger partial charge in [-0.1, -0.05) is 0 Å². The Labute approximate surface area is 164 Å². The van der Waals surface area contributed by atoms with Gasteiger partial charge in [-0.3, -0.25) is 14.8 Å². The van der Waals surface area contributed by atoms with Crippen LogP contribution in [-0.4, -0.2) is 62.4 Å². The third kappa shape index (κ3) is 6.25. The van der Waals surface area contributed by atoms with Crippen molar-refractivity contribution in [3.8, 4) is 0 Å². The van der Waals surface area contributed by atoms with Crippen LogP contribution < -0.4 is 9.62 Å². The van der Waals surface area contributed by atoms with E-state index in [4.69, 9.17) is 4.74 Å². The quantitative estimate of drug-likeness (QED) is 0.593. The molecule has 11 heteroatoms. The van der Waals surface area contributed by atoms with E-state index in [1.165, 1.54) is 12.1 Å². The zero-order valence-corrected chi connectivity index (χ0v) is 17.3. The summed E-state index contributed by atoms with van der Waals surface area (Å²) in [7, 11) is -3.67. The van der Waals surface area contributed by atoms with Gasteiger partial charge in [0.05, 0.1) is 11.2 Å². The maximum Gasteiger partial charge on any atom is 0.410 e. The maximum absolute atomic E-state index is 12.3. The summed E-state index contributed by atoms with van der Waals surface area (Å²) in [5.74, 6) is 0. The summed E-state index contributed by atoms with van der Waals surface area (Å²) in [6.45, 7) is 7.50. The van der Waals surface area contributed by atoms with Gasteiger partial charge in [0.25, 0.3) is 5.69 Å². The maximum atomic E-state index is 12.3. The molecule has 156 valence electrons. The van der Waals surface area contributed by atoms with E-state index in [-0.39, 0.29) is 17.5 Å². The van der Waals surface area contributed by atoms with Crippen LogP contribution >= 0.6 is 0 Å². The first-order chi connectivity index (χ1) is 12.9. The summed E-state index contributed by atoms with van der Waals surface area (Å²) < 4.78 is 30.7. The lowest BCUT2D eigenvalue weighted by atomic mass is 10.2. The number of benzene rings is 1. The molecule has 1 aliphatic rings. The molecule has 1 aliphatic heterocycles. The highest BCUT2D eigenvalue weighted by atomic mass is 32.2. The Morgan fingerprint density at radius 2 is 1.89 bits per heavy atom. The molecule has 0 unspecified atom stereocenters. The second-order valence-corrected chi connectivity index (χ2v) is 9.39. The fourth-order valence-electron chi connectivity index (χ4n) is 2.85. The standard InChI is InChI=1S/C17H26N4O6S/c1-17(2,3)27-16(22)20-9-5-8-19(10-11-20)13-6-7-15(21(23)24)14(12-13)18-28(4,25)26/h6-7,12,18H,5,8-11H2,1-4H3. The lowest BCUT2D eigenvalue weighted by Gasteiger charge is -2.27. The Balaban J connectivity index is 2.18. The van der Waals surface area contributed by atoms with Crippen molar-refractivity contribution in [3.05, 3.63) is 28.3 Å². The number of carbonyl (C=O) groups excluding carboxylic acids is 1. The number of sulfonamides is 1. The molecule has 1 N–H and O–H groups in total. The van der Waals surface area contributed by atoms with E-state index in [2.05, 4.69) is 4.72 Å². The van der Waals surface area contributed by atoms with Crippen LogP contribution in [0.4, 0.5) is 21.9 Å². The molecule has 1 heterocycles. The molecular weight excluding hydrogens is 388 g/mol. The molecule has 1 saturated heterocycles. The fourth-order valence-corrected chi connectivity index (χ4v) is 3.41. The van der Waals surface area contributed by atoms with E-state index in [1.807, 2.05) is 25.7 Å². The Morgan fingerprint density at radius 1 is 1.21 bits per heavy atom. The molecule has 1 fully saturated rings. The molecule has 0 spiro atoms. The average Bonchev–Trinajstić information content (AvgIpc) is 2.77. The summed E-state index contributed by atoms with van der Waals surface area (Å²) in [6.07, 6.45) is 1.25. The number of nitrogens with zero attached hydrogens (tertiary/aromatic N) is 3. The van der Waals surface area contributed by atoms with Gasteiger partial charge in [-0.15, -0.1) is 0 Å². The van der Waals surface area contributed by atoms with Crippen molar-refractivity contribution in [3.63, 3.8) is 0 Å². The smallest absolute Gasteiger partial charge is 0.410 e. The van der Waals surface area contributed by atoms with Gasteiger partial charge in [-0.25, -0.2) is 13.2 Å². The van der Waals surface area contributed by atoms with E-state index in [0.717, 1.165) is 6.26 Å². The van der Waals surface area contributed by atoms with Crippen molar-refractivity contribution < 1.29 is 22.9 Å². The summed E-state index contributed by atoms with van der Waals surface area (Å²) in [6, 6.07) is 4.30. The topological polar surface area (TPSA) is 122 Å². The lowest BCUT2D eigenvalue weighted by molar-refractivity contribution is -0.383. The van der Waals surface area contributed by atoms with Gasteiger partial charge in [0, 0.05) is 37.9 Å². The van der Waals surface area contributed by atoms with E-state index in [1.54, 1.807) is 11.0 Å². The molecule has 10 nitrogen and oxygen atoms in total. The number of rotatable bonds is 4. The first-order valence-corrected chi connectivity index (χ1v) is 10.7. The SMILES string of the molecule is CC(C)(C)OC(=O)N1CCCN(c2ccc([N+](=O)[O-])c(NS(C)(=O)=O)c2)CC1. The number of carbonyl (C=O) groups is 1. The Bertz CT molecular complexity index is 850. The van der Waals surface area contributed by atoms with Gasteiger partial charge < -0.3 is 14.5 Å². The second-order valence-electron chi connectivity index (χ2n) is 7.64. The van der Waals surface area contributed by atoms with Crippen LogP contribution in [-0.2, 0) is 14.8 Å². The normalized spacial score (nSPS) is 15.7. The Morgan fingerprint density at radius 3 is 2.46 bits per heavy atom. The van der Waals surface area contributed by atoms with E-state index in [0.29, 0.717) is 38.3 Å². The third-order valence-corrected chi connectivity index (χ3v) is 4.58. The van der Waals surface area contributed by atoms with Crippen LogP contribution in [0.2, 0.25) is 0 Å². The minimum Gasteiger partial charge on any atom is -0.444 e. The third-order valence-electron chi connectivity index (χ3n) is 3.98. The van der Waals surface area contributed by atoms with Crippen molar-refractivity contribution in [2.45, 2.75) is 32.8 Å². The van der Waals surface area contributed by atoms with Crippen molar-refractivity contribution in [1.82, 2.24) is 4.90 Å². The van der Waals surface area contributed by atoms with E-state index < -0.39 is 20.5 Å². The monoisotopic (exact) mass is 414 g/mol. The molecule has 1 aromatic carbocycles. The zero-order chi connectivity index (χ0) is 21.1. The van der Waals surface area contributed by atoms with Gasteiger partial charge in [0.15, 0.2) is 0 Å². The minimum atomic E-state index is -3.67. The lowest BCUT2D eigenvalue weighted by Crippen LogP contribution is -2.39. The largest absolute Gasteiger partial charge is 0.444 e. The predicted molar refractivity (Wildman–Crippen MR) is 106 cm³/mol. The van der Waals surface area contributed by atoms with Crippen LogP contribution in [0.5, 0.6) is 0 Å². The Hall–Kier alpha value is -2.56. The predicted octanol–water partition coefficient (Wildman–Crippen LogP) is 2.41. The highest BCUT2D eigenvalue weighted by Gasteiger charge is 2.25. The summed E-state index contributed by atoms with van der Waals surface area (Å²) in [5.41, 5.74) is -0.339. The number of anilines is 2. The molecule has 1 aromatic rings. The molecule has 2 rings (SSSR count). The number of ether oxygens (including phenoxy) is 1. The van der Waals surface area contributed by atoms with E-state index in [9.17, 15) is 23.3 Å². The van der Waals surface area contributed by atoms with Gasteiger partial charge in [0.2, 0.25) is 10.0 Å². The van der Waals surface area contributed by atoms with Crippen LogP contribution in [0.15, 0.2) is 18.2 Å². The Kier molecular flexibility index (Phi) is 6.37. The highest BCUT2D eigenvalue weighted by Crippen LogP contribution is 2.30.